The van der Waals surface area contributed by atoms with Crippen molar-refractivity contribution in [2.24, 2.45) is 0 Å². The number of hydrogen-bond acceptors (Lipinski definition) is 7. The summed E-state index contributed by atoms with van der Waals surface area (Å²) in [5.74, 6) is 0.985. The van der Waals surface area contributed by atoms with Gasteiger partial charge in [0.2, 0.25) is 0 Å². The number of amides is 1. The van der Waals surface area contributed by atoms with Crippen molar-refractivity contribution >= 4 is 28.9 Å². The zero-order valence-electron chi connectivity index (χ0n) is 17.3. The molecular weight excluding hydrogens is 420 g/mol. The van der Waals surface area contributed by atoms with Gasteiger partial charge in [0, 0.05) is 31.7 Å². The number of carbonyl (C=O) groups is 1. The van der Waals surface area contributed by atoms with E-state index in [1.165, 1.54) is 0 Å². The molecule has 31 heavy (non-hydrogen) atoms. The number of methoxy groups -OCH3 is 1. The van der Waals surface area contributed by atoms with Crippen molar-refractivity contribution in [3.05, 3.63) is 58.8 Å². The summed E-state index contributed by atoms with van der Waals surface area (Å²) >= 11 is 6.35. The van der Waals surface area contributed by atoms with Crippen molar-refractivity contribution in [3.8, 4) is 17.0 Å². The van der Waals surface area contributed by atoms with E-state index in [9.17, 15) is 4.79 Å². The quantitative estimate of drug-likeness (QED) is 0.575. The van der Waals surface area contributed by atoms with Gasteiger partial charge in [-0.1, -0.05) is 28.9 Å². The molecule has 1 aromatic heterocycles. The van der Waals surface area contributed by atoms with Crippen LogP contribution in [0.15, 0.2) is 47.0 Å². The van der Waals surface area contributed by atoms with E-state index in [-0.39, 0.29) is 5.91 Å². The first kappa shape index (κ1) is 21.0. The molecule has 162 valence electrons. The fourth-order valence-electron chi connectivity index (χ4n) is 3.79. The number of rotatable bonds is 5. The number of hydrogen-bond donors (Lipinski definition) is 2. The lowest BCUT2D eigenvalue weighted by molar-refractivity contribution is 0.0745. The second kappa shape index (κ2) is 8.87. The van der Waals surface area contributed by atoms with E-state index in [1.807, 2.05) is 30.3 Å². The second-order valence-electron chi connectivity index (χ2n) is 7.22. The van der Waals surface area contributed by atoms with Gasteiger partial charge in [-0.25, -0.2) is 0 Å². The average molecular weight is 443 g/mol. The van der Waals surface area contributed by atoms with Gasteiger partial charge in [-0.3, -0.25) is 15.5 Å². The van der Waals surface area contributed by atoms with Crippen molar-refractivity contribution in [1.29, 1.82) is 0 Å². The van der Waals surface area contributed by atoms with Crippen LogP contribution >= 0.6 is 11.6 Å². The number of nitrogens with one attached hydrogen (secondary N) is 1. The molecule has 1 saturated heterocycles. The van der Waals surface area contributed by atoms with Gasteiger partial charge in [0.1, 0.15) is 22.8 Å². The van der Waals surface area contributed by atoms with Gasteiger partial charge >= 0.3 is 0 Å². The van der Waals surface area contributed by atoms with Crippen LogP contribution in [0.25, 0.3) is 11.3 Å². The number of benzene rings is 2. The fourth-order valence-corrected chi connectivity index (χ4v) is 4.09. The summed E-state index contributed by atoms with van der Waals surface area (Å²) in [5, 5.41) is 13.7. The molecule has 8 nitrogen and oxygen atoms in total. The smallest absolute Gasteiger partial charge is 0.259 e. The monoisotopic (exact) mass is 442 g/mol. The van der Waals surface area contributed by atoms with Crippen molar-refractivity contribution in [2.75, 3.05) is 43.7 Å². The minimum atomic E-state index is -0.120. The van der Waals surface area contributed by atoms with Crippen LogP contribution in [0.1, 0.15) is 16.1 Å². The molecule has 2 N–H and O–H groups in total. The summed E-state index contributed by atoms with van der Waals surface area (Å²) < 4.78 is 10.8. The molecule has 0 aliphatic carbocycles. The van der Waals surface area contributed by atoms with E-state index >= 15 is 0 Å². The van der Waals surface area contributed by atoms with E-state index in [0.29, 0.717) is 65.2 Å². The summed E-state index contributed by atoms with van der Waals surface area (Å²) in [6, 6.07) is 12.7. The minimum absolute atomic E-state index is 0.120. The van der Waals surface area contributed by atoms with E-state index < -0.39 is 0 Å². The summed E-state index contributed by atoms with van der Waals surface area (Å²) in [4.78, 5) is 17.3. The summed E-state index contributed by atoms with van der Waals surface area (Å²) in [7, 11) is 1.58. The van der Waals surface area contributed by atoms with Gasteiger partial charge in [-0.2, -0.15) is 0 Å². The third-order valence-corrected chi connectivity index (χ3v) is 5.73. The highest BCUT2D eigenvalue weighted by Crippen LogP contribution is 2.34. The summed E-state index contributed by atoms with van der Waals surface area (Å²) in [5.41, 5.74) is 5.13. The Balaban J connectivity index is 1.53. The van der Waals surface area contributed by atoms with Crippen molar-refractivity contribution in [3.63, 3.8) is 0 Å². The Morgan fingerprint density at radius 2 is 1.94 bits per heavy atom. The van der Waals surface area contributed by atoms with E-state index in [0.717, 1.165) is 5.69 Å². The van der Waals surface area contributed by atoms with Crippen molar-refractivity contribution < 1.29 is 19.3 Å². The van der Waals surface area contributed by atoms with Crippen LogP contribution in [-0.4, -0.2) is 54.5 Å². The van der Waals surface area contributed by atoms with Gasteiger partial charge in [-0.05, 0) is 37.3 Å². The molecule has 2 heterocycles. The normalized spacial score (nSPS) is 13.9. The van der Waals surface area contributed by atoms with Crippen LogP contribution in [0.5, 0.6) is 5.75 Å². The maximum absolute atomic E-state index is 13.4. The third kappa shape index (κ3) is 4.04. The molecule has 0 unspecified atom stereocenters. The van der Waals surface area contributed by atoms with Crippen LogP contribution in [-0.2, 0) is 0 Å². The number of piperazine rings is 1. The first-order valence-corrected chi connectivity index (χ1v) is 10.2. The molecule has 9 heteroatoms. The predicted molar refractivity (Wildman–Crippen MR) is 118 cm³/mol. The molecule has 0 bridgehead atoms. The lowest BCUT2D eigenvalue weighted by atomic mass is 10.0. The number of halogens is 1. The number of aromatic nitrogens is 1. The highest BCUT2D eigenvalue weighted by molar-refractivity contribution is 6.33. The fraction of sp³-hybridized carbons (Fsp3) is 0.273. The number of aryl methyl sites for hydroxylation is 1. The van der Waals surface area contributed by atoms with Gasteiger partial charge < -0.3 is 19.1 Å². The first-order valence-electron chi connectivity index (χ1n) is 9.87. The number of nitrogens with zero attached hydrogens (tertiary/aromatic N) is 3. The Bertz CT molecular complexity index is 1090. The number of carbonyl (C=O) groups excluding carboxylic acids is 1. The highest BCUT2D eigenvalue weighted by Gasteiger charge is 2.30. The SMILES string of the molecule is COc1ccccc1-c1noc(C)c1C(=O)N1CCN(c2ccc(NO)cc2Cl)CC1. The maximum atomic E-state index is 13.4. The van der Waals surface area contributed by atoms with Gasteiger partial charge in [0.25, 0.3) is 5.91 Å². The van der Waals surface area contributed by atoms with Gasteiger partial charge in [0.05, 0.1) is 23.5 Å². The molecule has 0 saturated carbocycles. The third-order valence-electron chi connectivity index (χ3n) is 5.42. The molecule has 1 aliphatic heterocycles. The Morgan fingerprint density at radius 1 is 1.19 bits per heavy atom. The highest BCUT2D eigenvalue weighted by atomic mass is 35.5. The Labute approximate surface area is 184 Å². The molecule has 4 rings (SSSR count). The molecule has 0 spiro atoms. The zero-order chi connectivity index (χ0) is 22.0. The van der Waals surface area contributed by atoms with Crippen LogP contribution in [0, 0.1) is 6.92 Å². The maximum Gasteiger partial charge on any atom is 0.259 e. The topological polar surface area (TPSA) is 91.1 Å². The van der Waals surface area contributed by atoms with E-state index in [1.54, 1.807) is 31.1 Å². The van der Waals surface area contributed by atoms with Gasteiger partial charge in [-0.15, -0.1) is 0 Å². The number of para-hydroxylation sites is 1. The standard InChI is InChI=1S/C22H23ClN4O4/c1-14-20(21(25-31-14)16-5-3-4-6-19(16)30-2)22(28)27-11-9-26(10-12-27)18-8-7-15(24-29)13-17(18)23/h3-8,13,24,29H,9-12H2,1-2H3. The Morgan fingerprint density at radius 3 is 2.61 bits per heavy atom. The second-order valence-corrected chi connectivity index (χ2v) is 7.63. The van der Waals surface area contributed by atoms with Crippen molar-refractivity contribution in [1.82, 2.24) is 10.1 Å². The van der Waals surface area contributed by atoms with Crippen LogP contribution in [0.4, 0.5) is 11.4 Å². The van der Waals surface area contributed by atoms with E-state index in [4.69, 9.17) is 26.1 Å². The molecule has 1 amide bonds. The first-order chi connectivity index (χ1) is 15.0. The Hall–Kier alpha value is -3.23. The van der Waals surface area contributed by atoms with Crippen LogP contribution in [0.2, 0.25) is 5.02 Å². The molecule has 3 aromatic rings. The predicted octanol–water partition coefficient (Wildman–Crippen LogP) is 4.08. The van der Waals surface area contributed by atoms with Crippen molar-refractivity contribution in [2.45, 2.75) is 6.92 Å². The average Bonchev–Trinajstić information content (AvgIpc) is 3.19. The molecule has 1 aliphatic rings. The molecular formula is C22H23ClN4O4. The lowest BCUT2D eigenvalue weighted by Crippen LogP contribution is -2.49. The molecule has 0 radical (unpaired) electrons. The number of anilines is 2. The largest absolute Gasteiger partial charge is 0.496 e. The summed E-state index contributed by atoms with van der Waals surface area (Å²) in [6.45, 7) is 4.07. The van der Waals surface area contributed by atoms with E-state index in [2.05, 4.69) is 15.5 Å². The zero-order valence-corrected chi connectivity index (χ0v) is 18.0. The molecule has 2 aromatic carbocycles. The van der Waals surface area contributed by atoms with Gasteiger partial charge in [0.15, 0.2) is 0 Å². The van der Waals surface area contributed by atoms with Crippen LogP contribution < -0.4 is 15.1 Å². The molecule has 1 fully saturated rings. The number of ether oxygens (including phenoxy) is 1. The Kier molecular flexibility index (Phi) is 6.01. The lowest BCUT2D eigenvalue weighted by Gasteiger charge is -2.36. The van der Waals surface area contributed by atoms with Crippen LogP contribution in [0.3, 0.4) is 0 Å². The molecule has 0 atom stereocenters. The summed E-state index contributed by atoms with van der Waals surface area (Å²) in [6.07, 6.45) is 0. The minimum Gasteiger partial charge on any atom is -0.496 e.